The normalized spacial score (nSPS) is 15.2. The van der Waals surface area contributed by atoms with Gasteiger partial charge in [0, 0.05) is 56.6 Å². The Kier molecular flexibility index (Phi) is 5.86. The summed E-state index contributed by atoms with van der Waals surface area (Å²) in [5.41, 5.74) is 5.08. The molecule has 0 atom stereocenters. The molecule has 1 aliphatic heterocycles. The van der Waals surface area contributed by atoms with Crippen molar-refractivity contribution in [3.63, 3.8) is 0 Å². The summed E-state index contributed by atoms with van der Waals surface area (Å²) in [5, 5.41) is 3.34. The molecule has 5 heteroatoms. The summed E-state index contributed by atoms with van der Waals surface area (Å²) in [7, 11) is 1.84. The van der Waals surface area contributed by atoms with Gasteiger partial charge in [0.15, 0.2) is 0 Å². The molecule has 2 heterocycles. The predicted molar refractivity (Wildman–Crippen MR) is 114 cm³/mol. The highest BCUT2D eigenvalue weighted by atomic mass is 16.5. The molecule has 0 fully saturated rings. The van der Waals surface area contributed by atoms with Crippen molar-refractivity contribution in [3.8, 4) is 16.9 Å². The zero-order valence-electron chi connectivity index (χ0n) is 16.6. The Hall–Kier alpha value is -3.18. The molecule has 0 radical (unpaired) electrons. The van der Waals surface area contributed by atoms with Crippen LogP contribution in [0.15, 0.2) is 67.0 Å². The SMILES string of the molecule is CN1CCNCCOc2ccc(-c3cccnc3)cc2Cc2cccc(c2)C1=O. The quantitative estimate of drug-likeness (QED) is 0.695. The van der Waals surface area contributed by atoms with Crippen molar-refractivity contribution in [2.75, 3.05) is 33.3 Å². The fourth-order valence-electron chi connectivity index (χ4n) is 3.53. The Labute approximate surface area is 171 Å². The van der Waals surface area contributed by atoms with E-state index in [0.29, 0.717) is 25.1 Å². The van der Waals surface area contributed by atoms with Gasteiger partial charge in [-0.25, -0.2) is 0 Å². The molecular formula is C24H25N3O2. The number of nitrogens with one attached hydrogen (secondary N) is 1. The van der Waals surface area contributed by atoms with Gasteiger partial charge in [-0.15, -0.1) is 0 Å². The number of rotatable bonds is 1. The topological polar surface area (TPSA) is 54.5 Å². The van der Waals surface area contributed by atoms with Crippen LogP contribution in [0.3, 0.4) is 0 Å². The number of carbonyl (C=O) groups excluding carboxylic acids is 1. The zero-order chi connectivity index (χ0) is 20.1. The minimum atomic E-state index is 0.0475. The molecule has 1 aliphatic rings. The number of likely N-dealkylation sites (N-methyl/N-ethyl adjacent to an activating group) is 1. The number of hydrogen-bond donors (Lipinski definition) is 1. The van der Waals surface area contributed by atoms with E-state index in [1.165, 1.54) is 0 Å². The maximum Gasteiger partial charge on any atom is 0.253 e. The van der Waals surface area contributed by atoms with Gasteiger partial charge in [0.25, 0.3) is 5.91 Å². The van der Waals surface area contributed by atoms with E-state index >= 15 is 0 Å². The third-order valence-corrected chi connectivity index (χ3v) is 5.13. The largest absolute Gasteiger partial charge is 0.492 e. The average Bonchev–Trinajstić information content (AvgIpc) is 2.76. The molecule has 0 saturated heterocycles. The highest BCUT2D eigenvalue weighted by molar-refractivity contribution is 5.94. The lowest BCUT2D eigenvalue weighted by molar-refractivity contribution is 0.0796. The number of benzene rings is 2. The van der Waals surface area contributed by atoms with E-state index in [-0.39, 0.29) is 5.91 Å². The molecule has 3 aromatic rings. The maximum atomic E-state index is 12.7. The predicted octanol–water partition coefficient (Wildman–Crippen LogP) is 3.39. The van der Waals surface area contributed by atoms with Gasteiger partial charge in [-0.05, 0) is 47.0 Å². The van der Waals surface area contributed by atoms with E-state index in [0.717, 1.165) is 41.1 Å². The Morgan fingerprint density at radius 3 is 2.76 bits per heavy atom. The van der Waals surface area contributed by atoms with Crippen molar-refractivity contribution >= 4 is 5.91 Å². The van der Waals surface area contributed by atoms with Crippen molar-refractivity contribution in [3.05, 3.63) is 83.7 Å². The summed E-state index contributed by atoms with van der Waals surface area (Å²) in [4.78, 5) is 18.7. The molecule has 0 saturated carbocycles. The molecule has 0 aliphatic carbocycles. The van der Waals surface area contributed by atoms with E-state index in [2.05, 4.69) is 34.6 Å². The zero-order valence-corrected chi connectivity index (χ0v) is 16.6. The summed E-state index contributed by atoms with van der Waals surface area (Å²) in [5.74, 6) is 0.927. The molecule has 148 valence electrons. The highest BCUT2D eigenvalue weighted by Gasteiger charge is 2.14. The minimum Gasteiger partial charge on any atom is -0.492 e. The number of amides is 1. The monoisotopic (exact) mass is 387 g/mol. The lowest BCUT2D eigenvalue weighted by Crippen LogP contribution is -2.35. The van der Waals surface area contributed by atoms with Crippen LogP contribution < -0.4 is 10.1 Å². The van der Waals surface area contributed by atoms with Gasteiger partial charge in [0.1, 0.15) is 12.4 Å². The second-order valence-corrected chi connectivity index (χ2v) is 7.27. The van der Waals surface area contributed by atoms with Gasteiger partial charge >= 0.3 is 0 Å². The Morgan fingerprint density at radius 1 is 1.00 bits per heavy atom. The van der Waals surface area contributed by atoms with E-state index in [1.54, 1.807) is 11.1 Å². The van der Waals surface area contributed by atoms with Crippen LogP contribution in [0.2, 0.25) is 0 Å². The summed E-state index contributed by atoms with van der Waals surface area (Å²) >= 11 is 0. The Morgan fingerprint density at radius 2 is 1.90 bits per heavy atom. The number of pyridine rings is 1. The van der Waals surface area contributed by atoms with Crippen LogP contribution in [-0.4, -0.2) is 49.1 Å². The molecule has 1 amide bonds. The molecule has 5 nitrogen and oxygen atoms in total. The third kappa shape index (κ3) is 4.63. The number of hydrogen-bond acceptors (Lipinski definition) is 4. The van der Waals surface area contributed by atoms with Gasteiger partial charge in [-0.3, -0.25) is 9.78 Å². The number of aromatic nitrogens is 1. The second kappa shape index (κ2) is 8.88. The second-order valence-electron chi connectivity index (χ2n) is 7.27. The van der Waals surface area contributed by atoms with Crippen LogP contribution in [0.1, 0.15) is 21.5 Å². The van der Waals surface area contributed by atoms with Crippen molar-refractivity contribution in [2.45, 2.75) is 6.42 Å². The average molecular weight is 387 g/mol. The lowest BCUT2D eigenvalue weighted by atomic mass is 9.98. The molecule has 2 bridgehead atoms. The molecule has 1 aromatic heterocycles. The van der Waals surface area contributed by atoms with Crippen LogP contribution >= 0.6 is 0 Å². The van der Waals surface area contributed by atoms with Crippen molar-refractivity contribution in [2.24, 2.45) is 0 Å². The molecule has 1 N–H and O–H groups in total. The smallest absolute Gasteiger partial charge is 0.253 e. The summed E-state index contributed by atoms with van der Waals surface area (Å²) in [6, 6.07) is 18.1. The fraction of sp³-hybridized carbons (Fsp3) is 0.250. The highest BCUT2D eigenvalue weighted by Crippen LogP contribution is 2.28. The van der Waals surface area contributed by atoms with Crippen molar-refractivity contribution in [1.29, 1.82) is 0 Å². The minimum absolute atomic E-state index is 0.0475. The van der Waals surface area contributed by atoms with E-state index < -0.39 is 0 Å². The van der Waals surface area contributed by atoms with Crippen LogP contribution in [0.25, 0.3) is 11.1 Å². The third-order valence-electron chi connectivity index (χ3n) is 5.13. The van der Waals surface area contributed by atoms with Crippen LogP contribution in [0.5, 0.6) is 5.75 Å². The molecule has 4 rings (SSSR count). The number of ether oxygens (including phenoxy) is 1. The first-order chi connectivity index (χ1) is 14.2. The van der Waals surface area contributed by atoms with Crippen LogP contribution in [0, 0.1) is 0 Å². The first-order valence-corrected chi connectivity index (χ1v) is 9.92. The van der Waals surface area contributed by atoms with E-state index in [4.69, 9.17) is 4.74 Å². The Bertz CT molecular complexity index is 988. The summed E-state index contributed by atoms with van der Waals surface area (Å²) in [6.07, 6.45) is 4.34. The van der Waals surface area contributed by atoms with Gasteiger partial charge in [-0.2, -0.15) is 0 Å². The summed E-state index contributed by atoms with van der Waals surface area (Å²) < 4.78 is 6.08. The van der Waals surface area contributed by atoms with E-state index in [9.17, 15) is 4.79 Å². The lowest BCUT2D eigenvalue weighted by Gasteiger charge is -2.19. The number of nitrogens with zero attached hydrogens (tertiary/aromatic N) is 2. The fourth-order valence-corrected chi connectivity index (χ4v) is 3.53. The maximum absolute atomic E-state index is 12.7. The molecule has 0 spiro atoms. The van der Waals surface area contributed by atoms with Crippen molar-refractivity contribution < 1.29 is 9.53 Å². The first kappa shape index (κ1) is 19.2. The number of fused-ring (bicyclic) bond motifs is 3. The molecular weight excluding hydrogens is 362 g/mol. The molecule has 0 unspecified atom stereocenters. The van der Waals surface area contributed by atoms with Crippen molar-refractivity contribution in [1.82, 2.24) is 15.2 Å². The van der Waals surface area contributed by atoms with Gasteiger partial charge < -0.3 is 15.0 Å². The van der Waals surface area contributed by atoms with Crippen LogP contribution in [-0.2, 0) is 6.42 Å². The Balaban J connectivity index is 1.71. The van der Waals surface area contributed by atoms with Gasteiger partial charge in [-0.1, -0.05) is 24.3 Å². The van der Waals surface area contributed by atoms with Crippen LogP contribution in [0.4, 0.5) is 0 Å². The number of carbonyl (C=O) groups is 1. The summed E-state index contributed by atoms with van der Waals surface area (Å²) in [6.45, 7) is 2.71. The van der Waals surface area contributed by atoms with Gasteiger partial charge in [0.05, 0.1) is 0 Å². The standard InChI is InChI=1S/C24H25N3O2/c1-27-12-10-25-11-13-29-23-8-7-19(21-6-3-9-26-17-21)16-22(23)15-18-4-2-5-20(14-18)24(27)28/h2-9,14,16-17,25H,10-13,15H2,1H3. The molecule has 29 heavy (non-hydrogen) atoms. The van der Waals surface area contributed by atoms with E-state index in [1.807, 2.05) is 43.6 Å². The van der Waals surface area contributed by atoms with Gasteiger partial charge in [0.2, 0.25) is 0 Å². The first-order valence-electron chi connectivity index (χ1n) is 9.92. The molecule has 2 aromatic carbocycles.